The number of hydrogen-bond acceptors (Lipinski definition) is 3. The Morgan fingerprint density at radius 3 is 2.26 bits per heavy atom. The van der Waals surface area contributed by atoms with Crippen molar-refractivity contribution in [2.45, 2.75) is 51.9 Å². The highest BCUT2D eigenvalue weighted by Gasteiger charge is 2.17. The van der Waals surface area contributed by atoms with Crippen LogP contribution < -0.4 is 4.74 Å². The maximum absolute atomic E-state index is 12.4. The van der Waals surface area contributed by atoms with E-state index in [1.54, 1.807) is 0 Å². The number of carbonyl (C=O) groups excluding carboxylic acids is 1. The molecule has 146 valence electrons. The molecule has 0 aromatic heterocycles. The molecule has 0 N–H and O–H groups in total. The van der Waals surface area contributed by atoms with Crippen molar-refractivity contribution in [3.8, 4) is 5.75 Å². The molecular formula is C24H33NO2. The number of rotatable bonds is 10. The number of ether oxygens (including phenoxy) is 1. The van der Waals surface area contributed by atoms with E-state index in [1.165, 1.54) is 24.8 Å². The van der Waals surface area contributed by atoms with E-state index < -0.39 is 0 Å². The fourth-order valence-corrected chi connectivity index (χ4v) is 3.24. The van der Waals surface area contributed by atoms with Gasteiger partial charge in [0, 0.05) is 6.54 Å². The molecule has 2 rings (SSSR count). The minimum absolute atomic E-state index is 0.224. The van der Waals surface area contributed by atoms with Crippen LogP contribution in [0.2, 0.25) is 0 Å². The van der Waals surface area contributed by atoms with E-state index in [2.05, 4.69) is 37.9 Å². The van der Waals surface area contributed by atoms with Gasteiger partial charge in [0.2, 0.25) is 0 Å². The lowest BCUT2D eigenvalue weighted by atomic mass is 10.0. The Morgan fingerprint density at radius 1 is 0.963 bits per heavy atom. The molecule has 27 heavy (non-hydrogen) atoms. The van der Waals surface area contributed by atoms with Crippen LogP contribution in [-0.4, -0.2) is 31.0 Å². The molecule has 2 aromatic carbocycles. The predicted octanol–water partition coefficient (Wildman–Crippen LogP) is 5.62. The van der Waals surface area contributed by atoms with Gasteiger partial charge in [-0.3, -0.25) is 4.79 Å². The molecule has 0 radical (unpaired) electrons. The third-order valence-electron chi connectivity index (χ3n) is 5.05. The Balaban J connectivity index is 1.88. The van der Waals surface area contributed by atoms with Gasteiger partial charge in [0.05, 0.1) is 5.92 Å². The molecule has 3 heteroatoms. The molecule has 0 fully saturated rings. The summed E-state index contributed by atoms with van der Waals surface area (Å²) in [6.07, 6.45) is 3.81. The number of benzene rings is 2. The third kappa shape index (κ3) is 6.84. The van der Waals surface area contributed by atoms with E-state index in [9.17, 15) is 4.79 Å². The normalized spacial score (nSPS) is 13.4. The Bertz CT molecular complexity index is 681. The molecule has 0 saturated carbocycles. The van der Waals surface area contributed by atoms with Crippen LogP contribution >= 0.6 is 0 Å². The maximum Gasteiger partial charge on any atom is 0.318 e. The quantitative estimate of drug-likeness (QED) is 0.310. The summed E-state index contributed by atoms with van der Waals surface area (Å²) in [7, 11) is 2.19. The van der Waals surface area contributed by atoms with Crippen LogP contribution in [0, 0.1) is 0 Å². The molecule has 0 aliphatic heterocycles. The van der Waals surface area contributed by atoms with Crippen molar-refractivity contribution in [2.24, 2.45) is 0 Å². The van der Waals surface area contributed by atoms with Crippen molar-refractivity contribution in [1.29, 1.82) is 0 Å². The van der Waals surface area contributed by atoms with E-state index in [-0.39, 0.29) is 11.9 Å². The van der Waals surface area contributed by atoms with Crippen LogP contribution in [0.1, 0.15) is 63.0 Å². The van der Waals surface area contributed by atoms with Crippen LogP contribution in [0.3, 0.4) is 0 Å². The van der Waals surface area contributed by atoms with Gasteiger partial charge in [-0.05, 0) is 56.1 Å². The molecule has 0 spiro atoms. The van der Waals surface area contributed by atoms with Crippen LogP contribution in [-0.2, 0) is 4.79 Å². The molecule has 0 aliphatic rings. The summed E-state index contributed by atoms with van der Waals surface area (Å²) in [4.78, 5) is 14.8. The minimum Gasteiger partial charge on any atom is -0.426 e. The lowest BCUT2D eigenvalue weighted by molar-refractivity contribution is -0.135. The average molecular weight is 368 g/mol. The van der Waals surface area contributed by atoms with E-state index in [0.717, 1.165) is 18.7 Å². The smallest absolute Gasteiger partial charge is 0.318 e. The fraction of sp³-hybridized carbons (Fsp3) is 0.458. The van der Waals surface area contributed by atoms with Crippen LogP contribution in [0.25, 0.3) is 0 Å². The summed E-state index contributed by atoms with van der Waals surface area (Å²) in [6.45, 7) is 8.54. The van der Waals surface area contributed by atoms with E-state index >= 15 is 0 Å². The molecule has 2 atom stereocenters. The minimum atomic E-state index is -0.276. The van der Waals surface area contributed by atoms with Gasteiger partial charge in [-0.1, -0.05) is 69.2 Å². The monoisotopic (exact) mass is 367 g/mol. The second-order valence-corrected chi connectivity index (χ2v) is 7.49. The van der Waals surface area contributed by atoms with Gasteiger partial charge in [0.1, 0.15) is 5.75 Å². The van der Waals surface area contributed by atoms with Crippen LogP contribution in [0.4, 0.5) is 0 Å². The Kier molecular flexibility index (Phi) is 8.53. The highest BCUT2D eigenvalue weighted by molar-refractivity contribution is 5.79. The van der Waals surface area contributed by atoms with Crippen LogP contribution in [0.15, 0.2) is 54.6 Å². The zero-order valence-corrected chi connectivity index (χ0v) is 17.2. The third-order valence-corrected chi connectivity index (χ3v) is 5.05. The zero-order valence-electron chi connectivity index (χ0n) is 17.2. The van der Waals surface area contributed by atoms with Gasteiger partial charge in [0.25, 0.3) is 0 Å². The SMILES string of the molecule is CCCCCN(C)CC(C)c1ccc(OC(=O)C(C)c2ccccc2)cc1. The summed E-state index contributed by atoms with van der Waals surface area (Å²) in [5.74, 6) is 0.555. The Labute approximate surface area is 164 Å². The molecule has 0 heterocycles. The van der Waals surface area contributed by atoms with Crippen molar-refractivity contribution >= 4 is 5.97 Å². The summed E-state index contributed by atoms with van der Waals surface area (Å²) >= 11 is 0. The molecule has 0 saturated heterocycles. The van der Waals surface area contributed by atoms with Crippen molar-refractivity contribution in [2.75, 3.05) is 20.1 Å². The van der Waals surface area contributed by atoms with Gasteiger partial charge in [0.15, 0.2) is 0 Å². The topological polar surface area (TPSA) is 29.5 Å². The van der Waals surface area contributed by atoms with Crippen molar-refractivity contribution < 1.29 is 9.53 Å². The molecule has 0 aliphatic carbocycles. The number of carbonyl (C=O) groups is 1. The molecule has 2 aromatic rings. The first kappa shape index (κ1) is 21.2. The summed E-state index contributed by atoms with van der Waals surface area (Å²) in [5.41, 5.74) is 2.24. The first-order valence-electron chi connectivity index (χ1n) is 10.1. The van der Waals surface area contributed by atoms with E-state index in [0.29, 0.717) is 11.7 Å². The highest BCUT2D eigenvalue weighted by Crippen LogP contribution is 2.23. The standard InChI is InChI=1S/C24H33NO2/c1-5-6-10-17-25(4)18-19(2)21-13-15-23(16-14-21)27-24(26)20(3)22-11-8-7-9-12-22/h7-9,11-16,19-20H,5-6,10,17-18H2,1-4H3. The van der Waals surface area contributed by atoms with Crippen molar-refractivity contribution in [1.82, 2.24) is 4.90 Å². The summed E-state index contributed by atoms with van der Waals surface area (Å²) < 4.78 is 5.56. The number of likely N-dealkylation sites (N-methyl/N-ethyl adjacent to an activating group) is 1. The van der Waals surface area contributed by atoms with Gasteiger partial charge < -0.3 is 9.64 Å². The van der Waals surface area contributed by atoms with Gasteiger partial charge >= 0.3 is 5.97 Å². The summed E-state index contributed by atoms with van der Waals surface area (Å²) in [5, 5.41) is 0. The van der Waals surface area contributed by atoms with Gasteiger partial charge in [-0.25, -0.2) is 0 Å². The van der Waals surface area contributed by atoms with Gasteiger partial charge in [-0.2, -0.15) is 0 Å². The van der Waals surface area contributed by atoms with Crippen molar-refractivity contribution in [3.05, 3.63) is 65.7 Å². The van der Waals surface area contributed by atoms with E-state index in [4.69, 9.17) is 4.74 Å². The van der Waals surface area contributed by atoms with Gasteiger partial charge in [-0.15, -0.1) is 0 Å². The first-order valence-corrected chi connectivity index (χ1v) is 10.1. The van der Waals surface area contributed by atoms with Crippen molar-refractivity contribution in [3.63, 3.8) is 0 Å². The molecule has 0 bridgehead atoms. The Morgan fingerprint density at radius 2 is 1.63 bits per heavy atom. The largest absolute Gasteiger partial charge is 0.426 e. The predicted molar refractivity (Wildman–Crippen MR) is 112 cm³/mol. The second-order valence-electron chi connectivity index (χ2n) is 7.49. The Hall–Kier alpha value is -2.13. The second kappa shape index (κ2) is 10.9. The summed E-state index contributed by atoms with van der Waals surface area (Å²) in [6, 6.07) is 17.7. The number of unbranched alkanes of at least 4 members (excludes halogenated alkanes) is 2. The molecule has 0 amide bonds. The number of esters is 1. The number of hydrogen-bond donors (Lipinski definition) is 0. The lowest BCUT2D eigenvalue weighted by Crippen LogP contribution is -2.24. The maximum atomic E-state index is 12.4. The lowest BCUT2D eigenvalue weighted by Gasteiger charge is -2.21. The highest BCUT2D eigenvalue weighted by atomic mass is 16.5. The number of nitrogens with zero attached hydrogens (tertiary/aromatic N) is 1. The molecular weight excluding hydrogens is 334 g/mol. The molecule has 3 nitrogen and oxygen atoms in total. The average Bonchev–Trinajstić information content (AvgIpc) is 2.68. The molecule has 2 unspecified atom stereocenters. The zero-order chi connectivity index (χ0) is 19.6. The first-order chi connectivity index (χ1) is 13.0. The van der Waals surface area contributed by atoms with E-state index in [1.807, 2.05) is 49.4 Å². The van der Waals surface area contributed by atoms with Crippen LogP contribution in [0.5, 0.6) is 5.75 Å². The fourth-order valence-electron chi connectivity index (χ4n) is 3.24.